The zero-order valence-electron chi connectivity index (χ0n) is 16.1. The minimum absolute atomic E-state index is 0. The van der Waals surface area contributed by atoms with Gasteiger partial charge >= 0.3 is 0 Å². The van der Waals surface area contributed by atoms with E-state index in [0.717, 1.165) is 16.7 Å². The van der Waals surface area contributed by atoms with Gasteiger partial charge in [-0.2, -0.15) is 0 Å². The van der Waals surface area contributed by atoms with Gasteiger partial charge in [0, 0.05) is 12.8 Å². The molecule has 0 fully saturated rings. The molecule has 28 heavy (non-hydrogen) atoms. The fourth-order valence-electron chi connectivity index (χ4n) is 2.55. The summed E-state index contributed by atoms with van der Waals surface area (Å²) in [5, 5.41) is 3.02. The summed E-state index contributed by atoms with van der Waals surface area (Å²) in [7, 11) is 0.0524. The Balaban J connectivity index is 0.00000392. The van der Waals surface area contributed by atoms with Crippen molar-refractivity contribution in [1.29, 1.82) is 0 Å². The fraction of sp³-hybridized carbons (Fsp3) is 0.316. The van der Waals surface area contributed by atoms with Crippen molar-refractivity contribution in [3.63, 3.8) is 0 Å². The van der Waals surface area contributed by atoms with E-state index < -0.39 is 9.84 Å². The van der Waals surface area contributed by atoms with Gasteiger partial charge in [0.2, 0.25) is 0 Å². The molecule has 2 aromatic carbocycles. The largest absolute Gasteiger partial charge is 0.493 e. The van der Waals surface area contributed by atoms with Crippen LogP contribution in [0.15, 0.2) is 47.5 Å². The zero-order chi connectivity index (χ0) is 19.9. The normalized spacial score (nSPS) is 11.5. The predicted molar refractivity (Wildman–Crippen MR) is 122 cm³/mol. The van der Waals surface area contributed by atoms with Crippen molar-refractivity contribution in [2.24, 2.45) is 10.7 Å². The molecular weight excluding hydrogens is 493 g/mol. The Morgan fingerprint density at radius 3 is 2.32 bits per heavy atom. The number of nitrogens with one attached hydrogen (secondary N) is 1. The van der Waals surface area contributed by atoms with E-state index in [1.165, 1.54) is 6.26 Å². The van der Waals surface area contributed by atoms with E-state index in [2.05, 4.69) is 10.3 Å². The highest BCUT2D eigenvalue weighted by Gasteiger charge is 2.09. The minimum atomic E-state index is -3.11. The Hall–Kier alpha value is -2.01. The van der Waals surface area contributed by atoms with Crippen molar-refractivity contribution in [3.8, 4) is 11.5 Å². The maximum absolute atomic E-state index is 11.6. The molecule has 0 unspecified atom stereocenters. The highest BCUT2D eigenvalue weighted by molar-refractivity contribution is 14.0. The van der Waals surface area contributed by atoms with E-state index >= 15 is 0 Å². The first-order valence-corrected chi connectivity index (χ1v) is 10.4. The topological polar surface area (TPSA) is 103 Å². The van der Waals surface area contributed by atoms with E-state index in [9.17, 15) is 8.42 Å². The number of sulfone groups is 1. The van der Waals surface area contributed by atoms with Crippen LogP contribution in [0.3, 0.4) is 0 Å². The second-order valence-corrected chi connectivity index (χ2v) is 8.22. The Morgan fingerprint density at radius 1 is 1.07 bits per heavy atom. The summed E-state index contributed by atoms with van der Waals surface area (Å²) in [5.41, 5.74) is 8.48. The van der Waals surface area contributed by atoms with Crippen LogP contribution >= 0.6 is 24.0 Å². The number of halogens is 1. The lowest BCUT2D eigenvalue weighted by molar-refractivity contribution is 0.354. The molecule has 0 atom stereocenters. The standard InChI is InChI=1S/C19H25N3O4S.HI/c1-25-17-9-8-14(10-18(17)26-2)11-21-19(20)22-12-15-6-4-5-7-16(15)13-27(3,23)24;/h4-10H,11-13H2,1-3H3,(H3,20,21,22);1H. The molecule has 0 saturated carbocycles. The van der Waals surface area contributed by atoms with Crippen LogP contribution in [0.2, 0.25) is 0 Å². The molecule has 154 valence electrons. The van der Waals surface area contributed by atoms with Crippen LogP contribution in [0, 0.1) is 0 Å². The van der Waals surface area contributed by atoms with Gasteiger partial charge in [0.25, 0.3) is 0 Å². The molecule has 0 aliphatic heterocycles. The average molecular weight is 519 g/mol. The van der Waals surface area contributed by atoms with Crippen LogP contribution in [-0.4, -0.2) is 34.9 Å². The number of hydrogen-bond donors (Lipinski definition) is 2. The summed E-state index contributed by atoms with van der Waals surface area (Å²) in [4.78, 5) is 4.31. The molecule has 2 rings (SSSR count). The first-order valence-electron chi connectivity index (χ1n) is 8.31. The number of hydrogen-bond acceptors (Lipinski definition) is 5. The Morgan fingerprint density at radius 2 is 1.71 bits per heavy atom. The molecule has 0 bridgehead atoms. The molecule has 0 aliphatic rings. The molecule has 0 aromatic heterocycles. The maximum Gasteiger partial charge on any atom is 0.189 e. The summed E-state index contributed by atoms with van der Waals surface area (Å²) >= 11 is 0. The van der Waals surface area contributed by atoms with E-state index in [-0.39, 0.29) is 35.7 Å². The van der Waals surface area contributed by atoms with E-state index in [1.807, 2.05) is 36.4 Å². The van der Waals surface area contributed by atoms with Gasteiger partial charge in [-0.05, 0) is 28.8 Å². The Kier molecular flexibility index (Phi) is 9.53. The lowest BCUT2D eigenvalue weighted by atomic mass is 10.1. The quantitative estimate of drug-likeness (QED) is 0.316. The van der Waals surface area contributed by atoms with Crippen molar-refractivity contribution >= 4 is 39.8 Å². The first kappa shape index (κ1) is 24.0. The van der Waals surface area contributed by atoms with Crippen molar-refractivity contribution in [2.45, 2.75) is 18.8 Å². The smallest absolute Gasteiger partial charge is 0.189 e. The molecule has 0 amide bonds. The number of aliphatic imine (C=N–C) groups is 1. The monoisotopic (exact) mass is 519 g/mol. The summed E-state index contributed by atoms with van der Waals surface area (Å²) in [6.07, 6.45) is 1.22. The lowest BCUT2D eigenvalue weighted by Gasteiger charge is -2.11. The zero-order valence-corrected chi connectivity index (χ0v) is 19.3. The van der Waals surface area contributed by atoms with Crippen LogP contribution in [0.25, 0.3) is 0 Å². The molecule has 7 nitrogen and oxygen atoms in total. The van der Waals surface area contributed by atoms with E-state index in [0.29, 0.717) is 24.6 Å². The van der Waals surface area contributed by atoms with Crippen molar-refractivity contribution in [3.05, 3.63) is 59.2 Å². The summed E-state index contributed by atoms with van der Waals surface area (Å²) in [6, 6.07) is 12.9. The van der Waals surface area contributed by atoms with Gasteiger partial charge < -0.3 is 20.5 Å². The van der Waals surface area contributed by atoms with E-state index in [4.69, 9.17) is 15.2 Å². The highest BCUT2D eigenvalue weighted by Crippen LogP contribution is 2.27. The van der Waals surface area contributed by atoms with Crippen LogP contribution in [0.4, 0.5) is 0 Å². The third kappa shape index (κ3) is 7.55. The highest BCUT2D eigenvalue weighted by atomic mass is 127. The number of guanidine groups is 1. The van der Waals surface area contributed by atoms with Gasteiger partial charge in [-0.3, -0.25) is 0 Å². The Bertz CT molecular complexity index is 917. The first-order chi connectivity index (χ1) is 12.8. The molecule has 0 radical (unpaired) electrons. The van der Waals surface area contributed by atoms with Gasteiger partial charge in [0.05, 0.1) is 26.5 Å². The number of nitrogens with zero attached hydrogens (tertiary/aromatic N) is 1. The number of benzene rings is 2. The van der Waals surface area contributed by atoms with Crippen molar-refractivity contribution in [2.75, 3.05) is 20.5 Å². The van der Waals surface area contributed by atoms with Crippen LogP contribution in [0.1, 0.15) is 16.7 Å². The molecule has 0 aliphatic carbocycles. The minimum Gasteiger partial charge on any atom is -0.493 e. The lowest BCUT2D eigenvalue weighted by Crippen LogP contribution is -2.31. The third-order valence-corrected chi connectivity index (χ3v) is 4.71. The summed E-state index contributed by atoms with van der Waals surface area (Å²) in [6.45, 7) is 0.775. The molecule has 9 heteroatoms. The van der Waals surface area contributed by atoms with Crippen LogP contribution < -0.4 is 20.5 Å². The second kappa shape index (κ2) is 11.1. The van der Waals surface area contributed by atoms with Gasteiger partial charge in [-0.1, -0.05) is 30.3 Å². The molecule has 3 N–H and O–H groups in total. The van der Waals surface area contributed by atoms with Gasteiger partial charge in [0.1, 0.15) is 0 Å². The SMILES string of the molecule is COc1ccc(CN=C(N)NCc2ccccc2CS(C)(=O)=O)cc1OC.I. The fourth-order valence-corrected chi connectivity index (χ4v) is 3.40. The molecular formula is C19H26IN3O4S. The second-order valence-electron chi connectivity index (χ2n) is 6.08. The molecule has 0 saturated heterocycles. The third-order valence-electron chi connectivity index (χ3n) is 3.88. The van der Waals surface area contributed by atoms with Crippen LogP contribution in [-0.2, 0) is 28.7 Å². The molecule has 0 heterocycles. The molecule has 0 spiro atoms. The van der Waals surface area contributed by atoms with Crippen LogP contribution in [0.5, 0.6) is 11.5 Å². The average Bonchev–Trinajstić information content (AvgIpc) is 2.64. The Labute approximate surface area is 183 Å². The van der Waals surface area contributed by atoms with Crippen molar-refractivity contribution in [1.82, 2.24) is 5.32 Å². The van der Waals surface area contributed by atoms with Gasteiger partial charge in [-0.25, -0.2) is 13.4 Å². The van der Waals surface area contributed by atoms with Gasteiger partial charge in [0.15, 0.2) is 27.3 Å². The number of methoxy groups -OCH3 is 2. The maximum atomic E-state index is 11.6. The van der Waals surface area contributed by atoms with Gasteiger partial charge in [-0.15, -0.1) is 24.0 Å². The van der Waals surface area contributed by atoms with Crippen molar-refractivity contribution < 1.29 is 17.9 Å². The summed E-state index contributed by atoms with van der Waals surface area (Å²) < 4.78 is 33.6. The number of nitrogens with two attached hydrogens (primary N) is 1. The predicted octanol–water partition coefficient (Wildman–Crippen LogP) is 2.47. The molecule has 2 aromatic rings. The summed E-state index contributed by atoms with van der Waals surface area (Å²) in [5.74, 6) is 1.55. The van der Waals surface area contributed by atoms with E-state index in [1.54, 1.807) is 20.3 Å². The number of rotatable bonds is 8. The number of ether oxygens (including phenoxy) is 2.